The number of ether oxygens (including phenoxy) is 1. The van der Waals surface area contributed by atoms with Gasteiger partial charge in [-0.05, 0) is 56.4 Å². The van der Waals surface area contributed by atoms with Crippen molar-refractivity contribution < 1.29 is 9.53 Å². The lowest BCUT2D eigenvalue weighted by molar-refractivity contribution is -0.138. The highest BCUT2D eigenvalue weighted by Crippen LogP contribution is 2.39. The second-order valence-corrected chi connectivity index (χ2v) is 6.53. The summed E-state index contributed by atoms with van der Waals surface area (Å²) in [6, 6.07) is 10.7. The zero-order valence-electron chi connectivity index (χ0n) is 14.5. The number of rotatable bonds is 6. The maximum atomic E-state index is 11.6. The topological polar surface area (TPSA) is 26.3 Å². The average molecular weight is 312 g/mol. The Hall–Kier alpha value is -1.83. The molecule has 0 aliphatic heterocycles. The second-order valence-electron chi connectivity index (χ2n) is 6.53. The first-order valence-corrected chi connectivity index (χ1v) is 8.68. The predicted molar refractivity (Wildman–Crippen MR) is 95.1 cm³/mol. The van der Waals surface area contributed by atoms with E-state index in [9.17, 15) is 4.79 Å². The molecule has 1 aliphatic carbocycles. The summed E-state index contributed by atoms with van der Waals surface area (Å²) in [5, 5.41) is 0. The normalized spacial score (nSPS) is 25.0. The number of allylic oxidation sites excluding steroid dienone is 3. The van der Waals surface area contributed by atoms with E-state index in [0.717, 1.165) is 12.3 Å². The van der Waals surface area contributed by atoms with E-state index in [1.165, 1.54) is 18.4 Å². The molecule has 2 heteroatoms. The Balaban J connectivity index is 1.99. The van der Waals surface area contributed by atoms with E-state index in [4.69, 9.17) is 4.74 Å². The molecule has 1 aromatic carbocycles. The fourth-order valence-corrected chi connectivity index (χ4v) is 3.44. The van der Waals surface area contributed by atoms with Crippen LogP contribution >= 0.6 is 0 Å². The monoisotopic (exact) mass is 312 g/mol. The Kier molecular flexibility index (Phi) is 6.64. The lowest BCUT2D eigenvalue weighted by atomic mass is 9.84. The molecule has 23 heavy (non-hydrogen) atoms. The molecule has 0 spiro atoms. The van der Waals surface area contributed by atoms with Gasteiger partial charge in [0.15, 0.2) is 0 Å². The largest absolute Gasteiger partial charge is 0.463 e. The standard InChI is InChI=1S/C21H28O2/c1-4-23-21(22)17(3)9-8-12-19-14-13-16(2)20(19)15-18-10-6-5-7-11-18/h5-12,16,19-20H,4,13-15H2,1-3H3. The van der Waals surface area contributed by atoms with Crippen LogP contribution in [-0.4, -0.2) is 12.6 Å². The highest BCUT2D eigenvalue weighted by molar-refractivity contribution is 5.88. The van der Waals surface area contributed by atoms with E-state index >= 15 is 0 Å². The van der Waals surface area contributed by atoms with Gasteiger partial charge < -0.3 is 4.74 Å². The Morgan fingerprint density at radius 2 is 2.00 bits per heavy atom. The van der Waals surface area contributed by atoms with E-state index in [1.54, 1.807) is 6.92 Å². The average Bonchev–Trinajstić information content (AvgIpc) is 2.89. The van der Waals surface area contributed by atoms with Gasteiger partial charge in [-0.15, -0.1) is 0 Å². The van der Waals surface area contributed by atoms with Gasteiger partial charge in [0.1, 0.15) is 0 Å². The molecule has 1 saturated carbocycles. The lowest BCUT2D eigenvalue weighted by Crippen LogP contribution is -2.14. The maximum absolute atomic E-state index is 11.6. The summed E-state index contributed by atoms with van der Waals surface area (Å²) in [4.78, 5) is 11.6. The van der Waals surface area contributed by atoms with Crippen LogP contribution in [0.5, 0.6) is 0 Å². The predicted octanol–water partition coefficient (Wildman–Crippen LogP) is 4.96. The van der Waals surface area contributed by atoms with Gasteiger partial charge in [-0.3, -0.25) is 0 Å². The van der Waals surface area contributed by atoms with Crippen LogP contribution in [-0.2, 0) is 16.0 Å². The van der Waals surface area contributed by atoms with Crippen LogP contribution in [0, 0.1) is 17.8 Å². The van der Waals surface area contributed by atoms with Crippen molar-refractivity contribution in [1.29, 1.82) is 0 Å². The van der Waals surface area contributed by atoms with Crippen molar-refractivity contribution in [2.45, 2.75) is 40.0 Å². The van der Waals surface area contributed by atoms with E-state index in [-0.39, 0.29) is 5.97 Å². The highest BCUT2D eigenvalue weighted by Gasteiger charge is 2.31. The molecular weight excluding hydrogens is 284 g/mol. The molecular formula is C21H28O2. The first-order valence-electron chi connectivity index (χ1n) is 8.68. The Morgan fingerprint density at radius 1 is 1.26 bits per heavy atom. The molecule has 1 fully saturated rings. The molecule has 0 radical (unpaired) electrons. The molecule has 0 N–H and O–H groups in total. The van der Waals surface area contributed by atoms with Gasteiger partial charge in [0.25, 0.3) is 0 Å². The van der Waals surface area contributed by atoms with Crippen LogP contribution in [0.1, 0.15) is 39.2 Å². The summed E-state index contributed by atoms with van der Waals surface area (Å²) in [6.45, 7) is 6.42. The first-order chi connectivity index (χ1) is 11.1. The zero-order chi connectivity index (χ0) is 16.7. The van der Waals surface area contributed by atoms with Gasteiger partial charge >= 0.3 is 5.97 Å². The van der Waals surface area contributed by atoms with E-state index < -0.39 is 0 Å². The lowest BCUT2D eigenvalue weighted by Gasteiger charge is -2.20. The van der Waals surface area contributed by atoms with E-state index in [0.29, 0.717) is 24.0 Å². The molecule has 0 bridgehead atoms. The number of benzene rings is 1. The van der Waals surface area contributed by atoms with Crippen molar-refractivity contribution in [1.82, 2.24) is 0 Å². The number of carbonyl (C=O) groups excluding carboxylic acids is 1. The van der Waals surface area contributed by atoms with Gasteiger partial charge in [0, 0.05) is 5.57 Å². The van der Waals surface area contributed by atoms with Gasteiger partial charge in [-0.25, -0.2) is 4.79 Å². The molecule has 1 aliphatic rings. The molecule has 2 rings (SSSR count). The minimum absolute atomic E-state index is 0.224. The third kappa shape index (κ3) is 5.09. The zero-order valence-corrected chi connectivity index (χ0v) is 14.5. The van der Waals surface area contributed by atoms with E-state index in [2.05, 4.69) is 43.3 Å². The minimum Gasteiger partial charge on any atom is -0.463 e. The summed E-state index contributed by atoms with van der Waals surface area (Å²) >= 11 is 0. The fraction of sp³-hybridized carbons (Fsp3) is 0.476. The van der Waals surface area contributed by atoms with Crippen LogP contribution < -0.4 is 0 Å². The van der Waals surface area contributed by atoms with Crippen molar-refractivity contribution in [2.75, 3.05) is 6.61 Å². The summed E-state index contributed by atoms with van der Waals surface area (Å²) in [7, 11) is 0. The Morgan fingerprint density at radius 3 is 2.70 bits per heavy atom. The smallest absolute Gasteiger partial charge is 0.333 e. The van der Waals surface area contributed by atoms with E-state index in [1.807, 2.05) is 19.1 Å². The molecule has 0 saturated heterocycles. The molecule has 3 unspecified atom stereocenters. The third-order valence-corrected chi connectivity index (χ3v) is 4.85. The third-order valence-electron chi connectivity index (χ3n) is 4.85. The number of hydrogen-bond donors (Lipinski definition) is 0. The van der Waals surface area contributed by atoms with Crippen LogP contribution in [0.15, 0.2) is 54.1 Å². The quantitative estimate of drug-likeness (QED) is 0.422. The van der Waals surface area contributed by atoms with Crippen LogP contribution in [0.4, 0.5) is 0 Å². The number of esters is 1. The van der Waals surface area contributed by atoms with Crippen LogP contribution in [0.25, 0.3) is 0 Å². The van der Waals surface area contributed by atoms with Crippen molar-refractivity contribution in [3.8, 4) is 0 Å². The van der Waals surface area contributed by atoms with Gasteiger partial charge in [-0.1, -0.05) is 55.5 Å². The van der Waals surface area contributed by atoms with Crippen molar-refractivity contribution in [3.63, 3.8) is 0 Å². The maximum Gasteiger partial charge on any atom is 0.333 e. The molecule has 3 atom stereocenters. The van der Waals surface area contributed by atoms with Crippen LogP contribution in [0.3, 0.4) is 0 Å². The molecule has 124 valence electrons. The fourth-order valence-electron chi connectivity index (χ4n) is 3.44. The second kappa shape index (κ2) is 8.71. The van der Waals surface area contributed by atoms with Crippen molar-refractivity contribution in [2.24, 2.45) is 17.8 Å². The molecule has 0 amide bonds. The Labute approximate surface area is 140 Å². The van der Waals surface area contributed by atoms with Crippen LogP contribution in [0.2, 0.25) is 0 Å². The van der Waals surface area contributed by atoms with Gasteiger partial charge in [-0.2, -0.15) is 0 Å². The number of hydrogen-bond acceptors (Lipinski definition) is 2. The molecule has 0 aromatic heterocycles. The summed E-state index contributed by atoms with van der Waals surface area (Å²) in [6.07, 6.45) is 9.85. The van der Waals surface area contributed by atoms with Gasteiger partial charge in [0.2, 0.25) is 0 Å². The number of carbonyl (C=O) groups is 1. The van der Waals surface area contributed by atoms with Crippen molar-refractivity contribution >= 4 is 5.97 Å². The molecule has 1 aromatic rings. The first kappa shape index (κ1) is 17.5. The summed E-state index contributed by atoms with van der Waals surface area (Å²) in [5.74, 6) is 1.80. The molecule has 2 nitrogen and oxygen atoms in total. The van der Waals surface area contributed by atoms with Crippen molar-refractivity contribution in [3.05, 3.63) is 59.7 Å². The molecule has 0 heterocycles. The highest BCUT2D eigenvalue weighted by atomic mass is 16.5. The summed E-state index contributed by atoms with van der Waals surface area (Å²) < 4.78 is 5.00. The van der Waals surface area contributed by atoms with Gasteiger partial charge in [0.05, 0.1) is 6.61 Å². The Bertz CT molecular complexity index is 556. The summed E-state index contributed by atoms with van der Waals surface area (Å²) in [5.41, 5.74) is 2.08. The minimum atomic E-state index is -0.224. The SMILES string of the molecule is CCOC(=O)C(C)=CC=CC1CCC(C)C1Cc1ccccc1.